The standard InChI is InChI=1S/C23H24N4O8S/c1-32-20-8-6-5-7-18(20)26-36(30,31)16-10-11-17(19(13-16)27(28)29)25-24-14-15-9-12-21(33-2)23(35-4)22(15)34-3/h5-14,25-26H,1-4H3/b24-14+. The first-order valence-corrected chi connectivity index (χ1v) is 11.8. The highest BCUT2D eigenvalue weighted by Gasteiger charge is 2.23. The molecule has 0 bridgehead atoms. The Morgan fingerprint density at radius 2 is 1.56 bits per heavy atom. The Morgan fingerprint density at radius 3 is 2.19 bits per heavy atom. The maximum absolute atomic E-state index is 12.9. The van der Waals surface area contributed by atoms with Crippen LogP contribution in [0.3, 0.4) is 0 Å². The number of nitrogens with zero attached hydrogens (tertiary/aromatic N) is 2. The predicted molar refractivity (Wildman–Crippen MR) is 134 cm³/mol. The number of nitro benzene ring substituents is 1. The summed E-state index contributed by atoms with van der Waals surface area (Å²) in [5, 5.41) is 15.7. The monoisotopic (exact) mass is 516 g/mol. The van der Waals surface area contributed by atoms with E-state index in [4.69, 9.17) is 18.9 Å². The Balaban J connectivity index is 1.89. The molecule has 3 aromatic rings. The average Bonchev–Trinajstić information content (AvgIpc) is 2.88. The van der Waals surface area contributed by atoms with Gasteiger partial charge in [0.25, 0.3) is 15.7 Å². The summed E-state index contributed by atoms with van der Waals surface area (Å²) in [5.74, 6) is 1.45. The molecule has 0 aromatic heterocycles. The van der Waals surface area contributed by atoms with Crippen LogP contribution in [0.25, 0.3) is 0 Å². The Hall–Kier alpha value is -4.52. The van der Waals surface area contributed by atoms with Crippen molar-refractivity contribution in [3.8, 4) is 23.0 Å². The van der Waals surface area contributed by atoms with E-state index in [1.165, 1.54) is 52.9 Å². The van der Waals surface area contributed by atoms with Gasteiger partial charge in [-0.15, -0.1) is 0 Å². The number of hydrogen-bond donors (Lipinski definition) is 2. The molecule has 0 fully saturated rings. The van der Waals surface area contributed by atoms with E-state index >= 15 is 0 Å². The molecule has 2 N–H and O–H groups in total. The van der Waals surface area contributed by atoms with Crippen molar-refractivity contribution >= 4 is 33.3 Å². The van der Waals surface area contributed by atoms with Crippen LogP contribution in [0.2, 0.25) is 0 Å². The predicted octanol–water partition coefficient (Wildman–Crippen LogP) is 3.88. The fourth-order valence-corrected chi connectivity index (χ4v) is 4.34. The summed E-state index contributed by atoms with van der Waals surface area (Å²) in [7, 11) is 1.65. The van der Waals surface area contributed by atoms with E-state index < -0.39 is 20.6 Å². The molecule has 0 spiro atoms. The highest BCUT2D eigenvalue weighted by atomic mass is 32.2. The van der Waals surface area contributed by atoms with Crippen molar-refractivity contribution in [1.29, 1.82) is 0 Å². The summed E-state index contributed by atoms with van der Waals surface area (Å²) < 4.78 is 49.2. The van der Waals surface area contributed by atoms with Gasteiger partial charge in [0.15, 0.2) is 11.5 Å². The topological polar surface area (TPSA) is 151 Å². The number of sulfonamides is 1. The lowest BCUT2D eigenvalue weighted by atomic mass is 10.2. The lowest BCUT2D eigenvalue weighted by Crippen LogP contribution is -2.14. The van der Waals surface area contributed by atoms with Crippen LogP contribution >= 0.6 is 0 Å². The van der Waals surface area contributed by atoms with Gasteiger partial charge in [-0.3, -0.25) is 20.3 Å². The number of hydrogen-bond acceptors (Lipinski definition) is 10. The molecule has 0 radical (unpaired) electrons. The first kappa shape index (κ1) is 26.1. The van der Waals surface area contributed by atoms with Crippen LogP contribution in [0.5, 0.6) is 23.0 Å². The van der Waals surface area contributed by atoms with Crippen molar-refractivity contribution in [2.45, 2.75) is 4.90 Å². The highest BCUT2D eigenvalue weighted by Crippen LogP contribution is 2.39. The van der Waals surface area contributed by atoms with Crippen LogP contribution in [0.4, 0.5) is 17.1 Å². The van der Waals surface area contributed by atoms with E-state index in [9.17, 15) is 18.5 Å². The van der Waals surface area contributed by atoms with Gasteiger partial charge < -0.3 is 18.9 Å². The van der Waals surface area contributed by atoms with Gasteiger partial charge in [0.1, 0.15) is 11.4 Å². The quantitative estimate of drug-likeness (QED) is 0.220. The number of rotatable bonds is 11. The number of benzene rings is 3. The van der Waals surface area contributed by atoms with Gasteiger partial charge in [0.2, 0.25) is 5.75 Å². The van der Waals surface area contributed by atoms with E-state index in [1.54, 1.807) is 30.3 Å². The van der Waals surface area contributed by atoms with E-state index in [0.29, 0.717) is 28.6 Å². The molecular weight excluding hydrogens is 492 g/mol. The third-order valence-electron chi connectivity index (χ3n) is 4.95. The molecule has 0 atom stereocenters. The van der Waals surface area contributed by atoms with Crippen molar-refractivity contribution in [1.82, 2.24) is 0 Å². The second kappa shape index (κ2) is 11.3. The number of nitro groups is 1. The van der Waals surface area contributed by atoms with Crippen LogP contribution in [-0.2, 0) is 10.0 Å². The van der Waals surface area contributed by atoms with Gasteiger partial charge in [-0.2, -0.15) is 5.10 Å². The summed E-state index contributed by atoms with van der Waals surface area (Å²) >= 11 is 0. The molecule has 36 heavy (non-hydrogen) atoms. The minimum atomic E-state index is -4.15. The van der Waals surface area contributed by atoms with Gasteiger partial charge in [-0.05, 0) is 36.4 Å². The molecule has 190 valence electrons. The molecular formula is C23H24N4O8S. The molecule has 0 saturated heterocycles. The molecule has 0 aliphatic rings. The van der Waals surface area contributed by atoms with Gasteiger partial charge in [0.05, 0.1) is 50.2 Å². The van der Waals surface area contributed by atoms with Crippen molar-refractivity contribution in [2.75, 3.05) is 38.6 Å². The zero-order valence-corrected chi connectivity index (χ0v) is 20.7. The van der Waals surface area contributed by atoms with Gasteiger partial charge in [-0.25, -0.2) is 8.42 Å². The lowest BCUT2D eigenvalue weighted by Gasteiger charge is -2.13. The maximum atomic E-state index is 12.9. The van der Waals surface area contributed by atoms with Crippen molar-refractivity contribution in [3.05, 3.63) is 70.3 Å². The minimum Gasteiger partial charge on any atom is -0.495 e. The minimum absolute atomic E-state index is 0.0214. The number of nitrogens with one attached hydrogen (secondary N) is 2. The van der Waals surface area contributed by atoms with E-state index in [2.05, 4.69) is 15.2 Å². The van der Waals surface area contributed by atoms with Crippen LogP contribution in [0.1, 0.15) is 5.56 Å². The fourth-order valence-electron chi connectivity index (χ4n) is 3.25. The maximum Gasteiger partial charge on any atom is 0.295 e. The molecule has 12 nitrogen and oxygen atoms in total. The summed E-state index contributed by atoms with van der Waals surface area (Å²) in [4.78, 5) is 10.7. The van der Waals surface area contributed by atoms with Crippen LogP contribution in [0.15, 0.2) is 64.6 Å². The number of anilines is 2. The average molecular weight is 517 g/mol. The smallest absolute Gasteiger partial charge is 0.295 e. The Kier molecular flexibility index (Phi) is 8.17. The van der Waals surface area contributed by atoms with Gasteiger partial charge in [0, 0.05) is 11.6 Å². The number of para-hydroxylation sites is 2. The van der Waals surface area contributed by atoms with Crippen molar-refractivity contribution < 1.29 is 32.3 Å². The molecule has 0 aliphatic heterocycles. The number of ether oxygens (including phenoxy) is 4. The van der Waals surface area contributed by atoms with E-state index in [0.717, 1.165) is 6.07 Å². The zero-order chi connectivity index (χ0) is 26.3. The van der Waals surface area contributed by atoms with Gasteiger partial charge in [-0.1, -0.05) is 12.1 Å². The van der Waals surface area contributed by atoms with Crippen LogP contribution in [-0.4, -0.2) is 48.0 Å². The summed E-state index contributed by atoms with van der Waals surface area (Å²) in [6, 6.07) is 13.1. The Bertz CT molecular complexity index is 1390. The first-order valence-electron chi connectivity index (χ1n) is 10.3. The van der Waals surface area contributed by atoms with Crippen LogP contribution in [0, 0.1) is 10.1 Å². The molecule has 0 amide bonds. The molecule has 3 rings (SSSR count). The highest BCUT2D eigenvalue weighted by molar-refractivity contribution is 7.92. The number of methoxy groups -OCH3 is 4. The second-order valence-corrected chi connectivity index (χ2v) is 8.72. The normalized spacial score (nSPS) is 11.1. The molecule has 0 saturated carbocycles. The molecule has 0 heterocycles. The first-order chi connectivity index (χ1) is 17.2. The largest absolute Gasteiger partial charge is 0.495 e. The number of hydrazone groups is 1. The van der Waals surface area contributed by atoms with Crippen molar-refractivity contribution in [3.63, 3.8) is 0 Å². The van der Waals surface area contributed by atoms with Crippen molar-refractivity contribution in [2.24, 2.45) is 5.10 Å². The fraction of sp³-hybridized carbons (Fsp3) is 0.174. The lowest BCUT2D eigenvalue weighted by molar-refractivity contribution is -0.384. The summed E-state index contributed by atoms with van der Waals surface area (Å²) in [6.07, 6.45) is 1.37. The second-order valence-electron chi connectivity index (χ2n) is 7.04. The third-order valence-corrected chi connectivity index (χ3v) is 6.31. The van der Waals surface area contributed by atoms with Gasteiger partial charge >= 0.3 is 0 Å². The summed E-state index contributed by atoms with van der Waals surface area (Å²) in [6.45, 7) is 0. The van der Waals surface area contributed by atoms with E-state index in [1.807, 2.05) is 0 Å². The molecule has 13 heteroatoms. The molecule has 0 unspecified atom stereocenters. The Labute approximate surface area is 207 Å². The Morgan fingerprint density at radius 1 is 0.861 bits per heavy atom. The third kappa shape index (κ3) is 5.58. The zero-order valence-electron chi connectivity index (χ0n) is 19.8. The van der Waals surface area contributed by atoms with Crippen LogP contribution < -0.4 is 29.1 Å². The van der Waals surface area contributed by atoms with E-state index in [-0.39, 0.29) is 16.3 Å². The molecule has 0 aliphatic carbocycles. The summed E-state index contributed by atoms with van der Waals surface area (Å²) in [5.41, 5.74) is 2.76. The SMILES string of the molecule is COc1ccccc1NS(=O)(=O)c1ccc(N/N=C/c2ccc(OC)c(OC)c2OC)c([N+](=O)[O-])c1. The molecule has 3 aromatic carbocycles.